The number of ether oxygens (including phenoxy) is 1. The summed E-state index contributed by atoms with van der Waals surface area (Å²) in [5.74, 6) is 5.92. The molecule has 0 bridgehead atoms. The molecule has 3 rings (SSSR count). The molecule has 1 saturated heterocycles. The number of benzene rings is 2. The molecule has 5 heteroatoms. The third-order valence-electron chi connectivity index (χ3n) is 4.23. The summed E-state index contributed by atoms with van der Waals surface area (Å²) < 4.78 is 5.31. The largest absolute Gasteiger partial charge is 0.495 e. The highest BCUT2D eigenvalue weighted by atomic mass is 16.5. The topological polar surface area (TPSA) is 58.6 Å². The maximum atomic E-state index is 12.3. The van der Waals surface area contributed by atoms with E-state index in [1.165, 1.54) is 0 Å². The lowest BCUT2D eigenvalue weighted by Crippen LogP contribution is -2.33. The fourth-order valence-corrected chi connectivity index (χ4v) is 2.91. The van der Waals surface area contributed by atoms with Crippen molar-refractivity contribution < 1.29 is 14.3 Å². The SMILES string of the molecule is COc1ccccc1N1C[C@@H](C(=O)NCC#Cc2ccccc2)CC1=O. The quantitative estimate of drug-likeness (QED) is 0.862. The number of nitrogens with zero attached hydrogens (tertiary/aromatic N) is 1. The van der Waals surface area contributed by atoms with Crippen LogP contribution in [-0.4, -0.2) is 32.0 Å². The predicted molar refractivity (Wildman–Crippen MR) is 99.8 cm³/mol. The van der Waals surface area contributed by atoms with Crippen LogP contribution < -0.4 is 15.0 Å². The molecule has 0 aliphatic carbocycles. The van der Waals surface area contributed by atoms with Crippen LogP contribution in [0.2, 0.25) is 0 Å². The maximum absolute atomic E-state index is 12.3. The minimum absolute atomic E-state index is 0.0787. The smallest absolute Gasteiger partial charge is 0.227 e. The third kappa shape index (κ3) is 4.04. The van der Waals surface area contributed by atoms with Gasteiger partial charge >= 0.3 is 0 Å². The molecule has 1 N–H and O–H groups in total. The van der Waals surface area contributed by atoms with Crippen molar-refractivity contribution >= 4 is 17.5 Å². The zero-order valence-electron chi connectivity index (χ0n) is 14.6. The van der Waals surface area contributed by atoms with E-state index in [1.54, 1.807) is 18.1 Å². The minimum atomic E-state index is -0.383. The molecule has 1 fully saturated rings. The Kier molecular flexibility index (Phi) is 5.55. The summed E-state index contributed by atoms with van der Waals surface area (Å²) in [5, 5.41) is 2.79. The number of hydrogen-bond donors (Lipinski definition) is 1. The van der Waals surface area contributed by atoms with E-state index in [0.717, 1.165) is 5.56 Å². The van der Waals surface area contributed by atoms with Gasteiger partial charge in [-0.15, -0.1) is 0 Å². The van der Waals surface area contributed by atoms with Crippen molar-refractivity contribution in [1.29, 1.82) is 0 Å². The summed E-state index contributed by atoms with van der Waals surface area (Å²) in [4.78, 5) is 26.3. The number of amides is 2. The molecule has 1 heterocycles. The molecule has 1 aliphatic heterocycles. The van der Waals surface area contributed by atoms with Crippen molar-refractivity contribution in [3.63, 3.8) is 0 Å². The van der Waals surface area contributed by atoms with E-state index in [9.17, 15) is 9.59 Å². The second-order valence-electron chi connectivity index (χ2n) is 5.96. The highest BCUT2D eigenvalue weighted by Gasteiger charge is 2.35. The van der Waals surface area contributed by atoms with E-state index in [4.69, 9.17) is 4.74 Å². The number of carbonyl (C=O) groups excluding carboxylic acids is 2. The second kappa shape index (κ2) is 8.21. The summed E-state index contributed by atoms with van der Waals surface area (Å²) in [6.07, 6.45) is 0.190. The van der Waals surface area contributed by atoms with Crippen LogP contribution in [0.25, 0.3) is 0 Å². The minimum Gasteiger partial charge on any atom is -0.495 e. The first-order valence-corrected chi connectivity index (χ1v) is 8.44. The second-order valence-corrected chi connectivity index (χ2v) is 5.96. The monoisotopic (exact) mass is 348 g/mol. The highest BCUT2D eigenvalue weighted by molar-refractivity contribution is 6.01. The Bertz CT molecular complexity index is 852. The molecule has 1 aliphatic rings. The Morgan fingerprint density at radius 2 is 1.92 bits per heavy atom. The molecule has 0 saturated carbocycles. The zero-order valence-corrected chi connectivity index (χ0v) is 14.6. The average molecular weight is 348 g/mol. The van der Waals surface area contributed by atoms with Gasteiger partial charge in [0.2, 0.25) is 11.8 Å². The van der Waals surface area contributed by atoms with E-state index in [-0.39, 0.29) is 30.7 Å². The van der Waals surface area contributed by atoms with E-state index in [2.05, 4.69) is 17.2 Å². The average Bonchev–Trinajstić information content (AvgIpc) is 3.07. The van der Waals surface area contributed by atoms with Gasteiger partial charge in [-0.25, -0.2) is 0 Å². The third-order valence-corrected chi connectivity index (χ3v) is 4.23. The molecular formula is C21H20N2O3. The fourth-order valence-electron chi connectivity index (χ4n) is 2.91. The molecule has 26 heavy (non-hydrogen) atoms. The first-order valence-electron chi connectivity index (χ1n) is 8.44. The van der Waals surface area contributed by atoms with Crippen LogP contribution in [0.3, 0.4) is 0 Å². The van der Waals surface area contributed by atoms with Gasteiger partial charge < -0.3 is 15.0 Å². The van der Waals surface area contributed by atoms with Crippen LogP contribution in [0.4, 0.5) is 5.69 Å². The van der Waals surface area contributed by atoms with Crippen LogP contribution >= 0.6 is 0 Å². The normalized spacial score (nSPS) is 16.0. The molecule has 2 aromatic carbocycles. The number of rotatable bonds is 4. The van der Waals surface area contributed by atoms with Gasteiger partial charge in [-0.1, -0.05) is 42.2 Å². The zero-order chi connectivity index (χ0) is 18.4. The van der Waals surface area contributed by atoms with E-state index >= 15 is 0 Å². The van der Waals surface area contributed by atoms with Crippen molar-refractivity contribution in [3.05, 3.63) is 60.2 Å². The molecule has 0 unspecified atom stereocenters. The summed E-state index contributed by atoms with van der Waals surface area (Å²) >= 11 is 0. The van der Waals surface area contributed by atoms with Crippen LogP contribution in [0.15, 0.2) is 54.6 Å². The summed E-state index contributed by atoms with van der Waals surface area (Å²) in [5.41, 5.74) is 1.60. The van der Waals surface area contributed by atoms with Crippen LogP contribution in [0.1, 0.15) is 12.0 Å². The van der Waals surface area contributed by atoms with Gasteiger partial charge in [-0.3, -0.25) is 9.59 Å². The fraction of sp³-hybridized carbons (Fsp3) is 0.238. The first-order chi connectivity index (χ1) is 12.7. The van der Waals surface area contributed by atoms with Crippen LogP contribution in [0.5, 0.6) is 5.75 Å². The lowest BCUT2D eigenvalue weighted by atomic mass is 10.1. The van der Waals surface area contributed by atoms with Gasteiger partial charge in [0.15, 0.2) is 0 Å². The molecular weight excluding hydrogens is 328 g/mol. The molecule has 0 spiro atoms. The van der Waals surface area contributed by atoms with Gasteiger partial charge in [0.25, 0.3) is 0 Å². The number of anilines is 1. The van der Waals surface area contributed by atoms with Crippen LogP contribution in [-0.2, 0) is 9.59 Å². The van der Waals surface area contributed by atoms with Crippen molar-refractivity contribution in [3.8, 4) is 17.6 Å². The summed E-state index contributed by atoms with van der Waals surface area (Å²) in [6, 6.07) is 16.9. The number of carbonyl (C=O) groups is 2. The molecule has 132 valence electrons. The molecule has 2 aromatic rings. The first kappa shape index (κ1) is 17.6. The van der Waals surface area contributed by atoms with E-state index in [0.29, 0.717) is 18.0 Å². The Hall–Kier alpha value is -3.26. The molecule has 0 radical (unpaired) electrons. The number of para-hydroxylation sites is 2. The van der Waals surface area contributed by atoms with E-state index < -0.39 is 0 Å². The van der Waals surface area contributed by atoms with Gasteiger partial charge in [0, 0.05) is 18.5 Å². The van der Waals surface area contributed by atoms with Crippen molar-refractivity contribution in [1.82, 2.24) is 5.32 Å². The molecule has 2 amide bonds. The van der Waals surface area contributed by atoms with Gasteiger partial charge in [0.1, 0.15) is 5.75 Å². The Labute approximate surface area is 153 Å². The van der Waals surface area contributed by atoms with Gasteiger partial charge in [-0.05, 0) is 24.3 Å². The van der Waals surface area contributed by atoms with Crippen molar-refractivity contribution in [2.75, 3.05) is 25.1 Å². The lowest BCUT2D eigenvalue weighted by Gasteiger charge is -2.19. The Balaban J connectivity index is 1.58. The highest BCUT2D eigenvalue weighted by Crippen LogP contribution is 2.32. The summed E-state index contributed by atoms with van der Waals surface area (Å²) in [7, 11) is 1.56. The van der Waals surface area contributed by atoms with Crippen molar-refractivity contribution in [2.45, 2.75) is 6.42 Å². The summed E-state index contributed by atoms with van der Waals surface area (Å²) in [6.45, 7) is 0.601. The number of methoxy groups -OCH3 is 1. The lowest BCUT2D eigenvalue weighted by molar-refractivity contribution is -0.126. The molecule has 5 nitrogen and oxygen atoms in total. The van der Waals surface area contributed by atoms with Gasteiger partial charge in [0.05, 0.1) is 25.3 Å². The van der Waals surface area contributed by atoms with Crippen molar-refractivity contribution in [2.24, 2.45) is 5.92 Å². The van der Waals surface area contributed by atoms with Crippen LogP contribution in [0, 0.1) is 17.8 Å². The Morgan fingerprint density at radius 1 is 1.19 bits per heavy atom. The maximum Gasteiger partial charge on any atom is 0.227 e. The number of hydrogen-bond acceptors (Lipinski definition) is 3. The molecule has 0 aromatic heterocycles. The van der Waals surface area contributed by atoms with E-state index in [1.807, 2.05) is 48.5 Å². The van der Waals surface area contributed by atoms with Gasteiger partial charge in [-0.2, -0.15) is 0 Å². The predicted octanol–water partition coefficient (Wildman–Crippen LogP) is 2.22. The Morgan fingerprint density at radius 3 is 2.69 bits per heavy atom. The number of nitrogens with one attached hydrogen (secondary N) is 1. The molecule has 1 atom stereocenters. The standard InChI is InChI=1S/C21H20N2O3/c1-26-19-12-6-5-11-18(19)23-15-17(14-20(23)24)21(25)22-13-7-10-16-8-3-2-4-9-16/h2-6,8-9,11-12,17H,13-15H2,1H3,(H,22,25)/t17-/m0/s1.